The van der Waals surface area contributed by atoms with Gasteiger partial charge in [0.15, 0.2) is 0 Å². The van der Waals surface area contributed by atoms with Crippen molar-refractivity contribution in [3.05, 3.63) is 23.5 Å². The Morgan fingerprint density at radius 1 is 1.62 bits per heavy atom. The van der Waals surface area contributed by atoms with Crippen molar-refractivity contribution < 1.29 is 14.1 Å². The fourth-order valence-corrected chi connectivity index (χ4v) is 1.59. The maximum absolute atomic E-state index is 13.3. The van der Waals surface area contributed by atoms with E-state index >= 15 is 0 Å². The molecule has 68 valence electrons. The van der Waals surface area contributed by atoms with E-state index in [1.165, 1.54) is 6.07 Å². The molecule has 1 heterocycles. The summed E-state index contributed by atoms with van der Waals surface area (Å²) in [5.74, 6) is -0.508. The van der Waals surface area contributed by atoms with Crippen LogP contribution in [0.25, 0.3) is 0 Å². The van der Waals surface area contributed by atoms with Crippen LogP contribution < -0.4 is 11.2 Å². The zero-order chi connectivity index (χ0) is 9.59. The van der Waals surface area contributed by atoms with Gasteiger partial charge in [0, 0.05) is 11.2 Å². The lowest BCUT2D eigenvalue weighted by molar-refractivity contribution is 0.209. The molecule has 1 unspecified atom stereocenters. The van der Waals surface area contributed by atoms with Crippen LogP contribution in [0.3, 0.4) is 0 Å². The fraction of sp³-hybridized carbons (Fsp3) is 0.250. The molecule has 1 aliphatic heterocycles. The molecule has 0 amide bonds. The zero-order valence-corrected chi connectivity index (χ0v) is 7.12. The quantitative estimate of drug-likeness (QED) is 0.443. The van der Waals surface area contributed by atoms with Gasteiger partial charge in [-0.25, -0.2) is 4.39 Å². The molecule has 0 spiro atoms. The summed E-state index contributed by atoms with van der Waals surface area (Å²) in [5, 5.41) is 9.32. The van der Waals surface area contributed by atoms with Gasteiger partial charge in [-0.1, -0.05) is 0 Å². The summed E-state index contributed by atoms with van der Waals surface area (Å²) in [6, 6.07) is 2.81. The summed E-state index contributed by atoms with van der Waals surface area (Å²) in [4.78, 5) is 0. The lowest BCUT2D eigenvalue weighted by atomic mass is 9.78. The molecule has 2 rings (SSSR count). The average Bonchev–Trinajstić information content (AvgIpc) is 2.27. The third-order valence-electron chi connectivity index (χ3n) is 2.20. The molecule has 1 aliphatic rings. The topological polar surface area (TPSA) is 55.5 Å². The van der Waals surface area contributed by atoms with Crippen LogP contribution >= 0.6 is 0 Å². The number of hydrogen-bond donors (Lipinski definition) is 2. The maximum atomic E-state index is 13.3. The maximum Gasteiger partial charge on any atom is 0.494 e. The summed E-state index contributed by atoms with van der Waals surface area (Å²) in [5.41, 5.74) is 6.65. The van der Waals surface area contributed by atoms with E-state index in [1.54, 1.807) is 13.0 Å². The monoisotopic (exact) mass is 181 g/mol. The second-order valence-electron chi connectivity index (χ2n) is 3.14. The van der Waals surface area contributed by atoms with Gasteiger partial charge in [-0.05, 0) is 24.6 Å². The first kappa shape index (κ1) is 8.53. The normalized spacial score (nSPS) is 20.5. The second-order valence-corrected chi connectivity index (χ2v) is 3.14. The van der Waals surface area contributed by atoms with Crippen LogP contribution in [0.4, 0.5) is 10.1 Å². The van der Waals surface area contributed by atoms with Gasteiger partial charge in [-0.3, -0.25) is 0 Å². The Balaban J connectivity index is 2.63. The number of anilines is 1. The van der Waals surface area contributed by atoms with Crippen molar-refractivity contribution in [3.63, 3.8) is 0 Å². The summed E-state index contributed by atoms with van der Waals surface area (Å²) >= 11 is 0. The number of fused-ring (bicyclic) bond motifs is 1. The highest BCUT2D eigenvalue weighted by atomic mass is 19.1. The molecular weight excluding hydrogens is 172 g/mol. The summed E-state index contributed by atoms with van der Waals surface area (Å²) in [6.45, 7) is 1.74. The zero-order valence-electron chi connectivity index (χ0n) is 7.12. The van der Waals surface area contributed by atoms with Crippen LogP contribution in [0.2, 0.25) is 0 Å². The predicted octanol–water partition coefficient (Wildman–Crippen LogP) is 0.187. The number of benzene rings is 1. The Hall–Kier alpha value is -1.07. The van der Waals surface area contributed by atoms with E-state index in [0.29, 0.717) is 11.3 Å². The molecule has 1 atom stereocenters. The van der Waals surface area contributed by atoms with Gasteiger partial charge < -0.3 is 15.4 Å². The van der Waals surface area contributed by atoms with Crippen molar-refractivity contribution in [1.29, 1.82) is 0 Å². The Labute approximate surface area is 75.5 Å². The van der Waals surface area contributed by atoms with Gasteiger partial charge in [0.1, 0.15) is 5.82 Å². The van der Waals surface area contributed by atoms with Crippen LogP contribution in [-0.2, 0) is 4.65 Å². The second kappa shape index (κ2) is 2.72. The largest absolute Gasteiger partial charge is 0.494 e. The van der Waals surface area contributed by atoms with Crippen LogP contribution in [0.1, 0.15) is 18.6 Å². The number of rotatable bonds is 0. The number of nitrogens with two attached hydrogens (primary N) is 1. The Bertz CT molecular complexity index is 358. The molecular formula is C8H9BFNO2. The molecule has 0 aromatic heterocycles. The molecule has 0 saturated heterocycles. The number of nitrogen functional groups attached to an aromatic ring is 1. The van der Waals surface area contributed by atoms with Crippen molar-refractivity contribution in [3.8, 4) is 0 Å². The van der Waals surface area contributed by atoms with Gasteiger partial charge in [0.2, 0.25) is 0 Å². The van der Waals surface area contributed by atoms with Crippen LogP contribution in [0.15, 0.2) is 12.1 Å². The van der Waals surface area contributed by atoms with Crippen LogP contribution in [0.5, 0.6) is 0 Å². The van der Waals surface area contributed by atoms with Crippen molar-refractivity contribution in [1.82, 2.24) is 0 Å². The van der Waals surface area contributed by atoms with E-state index in [0.717, 1.165) is 0 Å². The minimum atomic E-state index is -1.16. The number of hydrogen-bond acceptors (Lipinski definition) is 3. The van der Waals surface area contributed by atoms with E-state index in [9.17, 15) is 9.41 Å². The van der Waals surface area contributed by atoms with Crippen LogP contribution in [0, 0.1) is 5.82 Å². The van der Waals surface area contributed by atoms with E-state index in [4.69, 9.17) is 10.4 Å². The van der Waals surface area contributed by atoms with E-state index in [-0.39, 0.29) is 11.6 Å². The Morgan fingerprint density at radius 3 is 3.00 bits per heavy atom. The van der Waals surface area contributed by atoms with E-state index in [2.05, 4.69) is 0 Å². The molecule has 0 radical (unpaired) electrons. The highest BCUT2D eigenvalue weighted by molar-refractivity contribution is 6.61. The Kier molecular flexibility index (Phi) is 1.78. The fourth-order valence-electron chi connectivity index (χ4n) is 1.59. The predicted molar refractivity (Wildman–Crippen MR) is 47.9 cm³/mol. The van der Waals surface area contributed by atoms with Crippen molar-refractivity contribution in [2.45, 2.75) is 13.0 Å². The van der Waals surface area contributed by atoms with Gasteiger partial charge in [-0.15, -0.1) is 0 Å². The average molecular weight is 181 g/mol. The van der Waals surface area contributed by atoms with Gasteiger partial charge >= 0.3 is 7.12 Å². The molecule has 0 bridgehead atoms. The Morgan fingerprint density at radius 2 is 2.31 bits per heavy atom. The third-order valence-corrected chi connectivity index (χ3v) is 2.20. The first-order valence-corrected chi connectivity index (χ1v) is 4.02. The first-order valence-electron chi connectivity index (χ1n) is 4.02. The molecule has 5 heteroatoms. The SMILES string of the molecule is CC1OB(O)c2c(F)cc(N)cc21. The van der Waals surface area contributed by atoms with Crippen molar-refractivity contribution in [2.24, 2.45) is 0 Å². The minimum Gasteiger partial charge on any atom is -0.423 e. The summed E-state index contributed by atoms with van der Waals surface area (Å²) in [7, 11) is -1.16. The molecule has 3 nitrogen and oxygen atoms in total. The minimum absolute atomic E-state index is 0.210. The lowest BCUT2D eigenvalue weighted by Crippen LogP contribution is -2.31. The smallest absolute Gasteiger partial charge is 0.423 e. The molecule has 0 saturated carbocycles. The van der Waals surface area contributed by atoms with Gasteiger partial charge in [0.05, 0.1) is 6.10 Å². The standard InChI is InChI=1S/C8H9BFNO2/c1-4-6-2-5(11)3-7(10)8(6)9(12)13-4/h2-4,12H,11H2,1H3. The van der Waals surface area contributed by atoms with Crippen molar-refractivity contribution in [2.75, 3.05) is 5.73 Å². The number of halogens is 1. The highest BCUT2D eigenvalue weighted by Gasteiger charge is 2.35. The molecule has 13 heavy (non-hydrogen) atoms. The molecule has 0 fully saturated rings. The molecule has 0 aliphatic carbocycles. The van der Waals surface area contributed by atoms with E-state index in [1.807, 2.05) is 0 Å². The third kappa shape index (κ3) is 1.20. The van der Waals surface area contributed by atoms with Crippen molar-refractivity contribution >= 4 is 18.3 Å². The molecule has 3 N–H and O–H groups in total. The lowest BCUT2D eigenvalue weighted by Gasteiger charge is -2.04. The summed E-state index contributed by atoms with van der Waals surface area (Å²) < 4.78 is 18.3. The molecule has 1 aromatic carbocycles. The van der Waals surface area contributed by atoms with E-state index < -0.39 is 12.9 Å². The highest BCUT2D eigenvalue weighted by Crippen LogP contribution is 2.25. The van der Waals surface area contributed by atoms with Gasteiger partial charge in [-0.2, -0.15) is 0 Å². The molecule has 1 aromatic rings. The summed E-state index contributed by atoms with van der Waals surface area (Å²) in [6.07, 6.45) is -0.303. The van der Waals surface area contributed by atoms with Crippen LogP contribution in [-0.4, -0.2) is 12.1 Å². The van der Waals surface area contributed by atoms with Gasteiger partial charge in [0.25, 0.3) is 0 Å². The first-order chi connectivity index (χ1) is 6.09.